The lowest BCUT2D eigenvalue weighted by Crippen LogP contribution is -2.23. The number of hydrogen-bond acceptors (Lipinski definition) is 1. The molecule has 0 saturated heterocycles. The van der Waals surface area contributed by atoms with Crippen LogP contribution in [0.25, 0.3) is 0 Å². The van der Waals surface area contributed by atoms with Crippen molar-refractivity contribution in [2.75, 3.05) is 6.54 Å². The van der Waals surface area contributed by atoms with Gasteiger partial charge >= 0.3 is 0 Å². The molecular weight excluding hydrogens is 126 g/mol. The molecule has 1 amide bonds. The zero-order chi connectivity index (χ0) is 6.97. The quantitative estimate of drug-likeness (QED) is 0.559. The van der Waals surface area contributed by atoms with Crippen molar-refractivity contribution in [1.82, 2.24) is 4.90 Å². The van der Waals surface area contributed by atoms with Gasteiger partial charge in [-0.3, -0.25) is 4.79 Å². The van der Waals surface area contributed by atoms with Crippen molar-refractivity contribution in [3.05, 3.63) is 12.3 Å². The molecule has 0 bridgehead atoms. The smallest absolute Gasteiger partial charge is 0.230 e. The summed E-state index contributed by atoms with van der Waals surface area (Å²) in [4.78, 5) is 12.8. The third-order valence-electron chi connectivity index (χ3n) is 2.05. The van der Waals surface area contributed by atoms with Gasteiger partial charge in [-0.1, -0.05) is 6.08 Å². The molecule has 1 fully saturated rings. The van der Waals surface area contributed by atoms with Gasteiger partial charge in [0.25, 0.3) is 0 Å². The molecule has 10 heavy (non-hydrogen) atoms. The van der Waals surface area contributed by atoms with E-state index in [2.05, 4.69) is 0 Å². The average molecular weight is 137 g/mol. The first-order chi connectivity index (χ1) is 4.86. The number of nitrogens with zero attached hydrogens (tertiary/aromatic N) is 1. The normalized spacial score (nSPS) is 24.4. The molecule has 2 nitrogen and oxygen atoms in total. The van der Waals surface area contributed by atoms with Gasteiger partial charge in [0.1, 0.15) is 0 Å². The minimum absolute atomic E-state index is 0.270. The van der Waals surface area contributed by atoms with Crippen LogP contribution in [0.5, 0.6) is 0 Å². The minimum Gasteiger partial charge on any atom is -0.319 e. The molecule has 0 radical (unpaired) electrons. The number of carbonyl (C=O) groups is 1. The summed E-state index contributed by atoms with van der Waals surface area (Å²) in [5.74, 6) is 1.08. The number of carbonyl (C=O) groups excluding carboxylic acids is 1. The summed E-state index contributed by atoms with van der Waals surface area (Å²) in [5.41, 5.74) is 0. The summed E-state index contributed by atoms with van der Waals surface area (Å²) in [6, 6.07) is 0. The van der Waals surface area contributed by atoms with E-state index >= 15 is 0 Å². The summed E-state index contributed by atoms with van der Waals surface area (Å²) >= 11 is 0. The second kappa shape index (κ2) is 2.11. The summed E-state index contributed by atoms with van der Waals surface area (Å²) in [5, 5.41) is 0. The van der Waals surface area contributed by atoms with Gasteiger partial charge in [0.05, 0.1) is 0 Å². The molecule has 1 aliphatic heterocycles. The lowest BCUT2D eigenvalue weighted by atomic mass is 10.4. The van der Waals surface area contributed by atoms with Crippen LogP contribution in [0.15, 0.2) is 12.3 Å². The van der Waals surface area contributed by atoms with E-state index in [9.17, 15) is 4.79 Å². The summed E-state index contributed by atoms with van der Waals surface area (Å²) in [7, 11) is 0. The van der Waals surface area contributed by atoms with Crippen molar-refractivity contribution in [2.45, 2.75) is 19.3 Å². The Labute approximate surface area is 60.5 Å². The van der Waals surface area contributed by atoms with E-state index in [0.29, 0.717) is 6.42 Å². The van der Waals surface area contributed by atoms with E-state index in [1.807, 2.05) is 17.2 Å². The highest BCUT2D eigenvalue weighted by atomic mass is 16.2. The first kappa shape index (κ1) is 5.96. The minimum atomic E-state index is 0.270. The second-order valence-corrected chi connectivity index (χ2v) is 3.08. The number of amides is 1. The molecule has 2 heteroatoms. The predicted molar refractivity (Wildman–Crippen MR) is 38.2 cm³/mol. The van der Waals surface area contributed by atoms with Gasteiger partial charge in [-0.15, -0.1) is 0 Å². The summed E-state index contributed by atoms with van der Waals surface area (Å²) in [6.07, 6.45) is 7.10. The first-order valence-electron chi connectivity index (χ1n) is 3.82. The molecule has 0 aromatic heterocycles. The van der Waals surface area contributed by atoms with Gasteiger partial charge in [0.15, 0.2) is 0 Å². The van der Waals surface area contributed by atoms with Crippen LogP contribution in [-0.2, 0) is 4.79 Å². The standard InChI is InChI=1S/C8H11NO/c10-8-2-1-5-9(8)6-7-3-4-7/h1,5,7H,2-4,6H2. The Bertz CT molecular complexity index is 182. The Balaban J connectivity index is 1.90. The van der Waals surface area contributed by atoms with Crippen LogP contribution in [0.4, 0.5) is 0 Å². The maximum atomic E-state index is 11.0. The van der Waals surface area contributed by atoms with E-state index in [1.54, 1.807) is 0 Å². The molecule has 0 atom stereocenters. The van der Waals surface area contributed by atoms with E-state index in [0.717, 1.165) is 12.5 Å². The van der Waals surface area contributed by atoms with Gasteiger partial charge in [-0.2, -0.15) is 0 Å². The fourth-order valence-corrected chi connectivity index (χ4v) is 1.22. The molecule has 1 aliphatic carbocycles. The van der Waals surface area contributed by atoms with Crippen LogP contribution in [0, 0.1) is 5.92 Å². The first-order valence-corrected chi connectivity index (χ1v) is 3.82. The topological polar surface area (TPSA) is 20.3 Å². The van der Waals surface area contributed by atoms with Gasteiger partial charge in [0.2, 0.25) is 5.91 Å². The van der Waals surface area contributed by atoms with Crippen LogP contribution in [0.3, 0.4) is 0 Å². The van der Waals surface area contributed by atoms with Crippen molar-refractivity contribution in [3.8, 4) is 0 Å². The average Bonchev–Trinajstić information content (AvgIpc) is 2.62. The molecule has 2 aliphatic rings. The molecule has 1 heterocycles. The summed E-state index contributed by atoms with van der Waals surface area (Å²) in [6.45, 7) is 0.968. The van der Waals surface area contributed by atoms with Crippen LogP contribution in [-0.4, -0.2) is 17.4 Å². The van der Waals surface area contributed by atoms with Gasteiger partial charge in [-0.05, 0) is 18.8 Å². The van der Waals surface area contributed by atoms with Crippen molar-refractivity contribution < 1.29 is 4.79 Å². The van der Waals surface area contributed by atoms with Crippen molar-refractivity contribution in [1.29, 1.82) is 0 Å². The highest BCUT2D eigenvalue weighted by molar-refractivity contribution is 5.81. The molecule has 2 rings (SSSR count). The largest absolute Gasteiger partial charge is 0.319 e. The Hall–Kier alpha value is -0.790. The number of rotatable bonds is 2. The molecule has 0 N–H and O–H groups in total. The van der Waals surface area contributed by atoms with Crippen molar-refractivity contribution >= 4 is 5.91 Å². The molecular formula is C8H11NO. The predicted octanol–water partition coefficient (Wildman–Crippen LogP) is 1.14. The lowest BCUT2D eigenvalue weighted by molar-refractivity contribution is -0.126. The molecule has 0 unspecified atom stereocenters. The van der Waals surface area contributed by atoms with E-state index in [1.165, 1.54) is 12.8 Å². The maximum absolute atomic E-state index is 11.0. The second-order valence-electron chi connectivity index (χ2n) is 3.08. The van der Waals surface area contributed by atoms with E-state index in [4.69, 9.17) is 0 Å². The van der Waals surface area contributed by atoms with Gasteiger partial charge in [0, 0.05) is 19.2 Å². The van der Waals surface area contributed by atoms with Gasteiger partial charge in [-0.25, -0.2) is 0 Å². The van der Waals surface area contributed by atoms with Crippen LogP contribution in [0.2, 0.25) is 0 Å². The van der Waals surface area contributed by atoms with Crippen LogP contribution < -0.4 is 0 Å². The van der Waals surface area contributed by atoms with E-state index < -0.39 is 0 Å². The van der Waals surface area contributed by atoms with Crippen LogP contribution in [0.1, 0.15) is 19.3 Å². The zero-order valence-electron chi connectivity index (χ0n) is 5.92. The monoisotopic (exact) mass is 137 g/mol. The number of hydrogen-bond donors (Lipinski definition) is 0. The Morgan fingerprint density at radius 2 is 2.40 bits per heavy atom. The fraction of sp³-hybridized carbons (Fsp3) is 0.625. The molecule has 54 valence electrons. The van der Waals surface area contributed by atoms with E-state index in [-0.39, 0.29) is 5.91 Å². The SMILES string of the molecule is O=C1CC=CN1CC1CC1. The summed E-state index contributed by atoms with van der Waals surface area (Å²) < 4.78 is 0. The molecule has 0 aromatic carbocycles. The molecule has 0 aromatic rings. The Morgan fingerprint density at radius 1 is 1.60 bits per heavy atom. The molecule has 1 saturated carbocycles. The Morgan fingerprint density at radius 3 is 2.90 bits per heavy atom. The third kappa shape index (κ3) is 1.06. The zero-order valence-corrected chi connectivity index (χ0v) is 5.92. The Kier molecular flexibility index (Phi) is 1.26. The highest BCUT2D eigenvalue weighted by Gasteiger charge is 2.26. The fourth-order valence-electron chi connectivity index (χ4n) is 1.22. The maximum Gasteiger partial charge on any atom is 0.230 e. The van der Waals surface area contributed by atoms with Crippen LogP contribution >= 0.6 is 0 Å². The van der Waals surface area contributed by atoms with Crippen molar-refractivity contribution in [3.63, 3.8) is 0 Å². The molecule has 0 spiro atoms. The third-order valence-corrected chi connectivity index (χ3v) is 2.05. The van der Waals surface area contributed by atoms with Gasteiger partial charge < -0.3 is 4.90 Å². The lowest BCUT2D eigenvalue weighted by Gasteiger charge is -2.11. The van der Waals surface area contributed by atoms with Crippen molar-refractivity contribution in [2.24, 2.45) is 5.92 Å². The highest BCUT2D eigenvalue weighted by Crippen LogP contribution is 2.30.